The van der Waals surface area contributed by atoms with Crippen molar-refractivity contribution >= 4 is 38.2 Å². The van der Waals surface area contributed by atoms with Gasteiger partial charge >= 0.3 is 6.03 Å². The number of nitrogens with one attached hydrogen (secondary N) is 2. The number of fused-ring (bicyclic) bond motifs is 1. The zero-order valence-corrected chi connectivity index (χ0v) is 23.9. The average molecular weight is 582 g/mol. The van der Waals surface area contributed by atoms with Gasteiger partial charge in [-0.25, -0.2) is 17.9 Å². The summed E-state index contributed by atoms with van der Waals surface area (Å²) in [6.07, 6.45) is 0.377. The number of hydrogen-bond donors (Lipinski definition) is 2. The standard InChI is InChI=1S/C33H31N3O5S/c1-40-28-19-15-26(16-20-28)35-33(37)36(27-17-21-30(22-18-27)41-29-11-3-2-4-12-29)24-8-23-34-42(38,39)32-14-7-10-25-9-5-6-13-31(25)32/h2-7,9-22,34H,8,23-24H2,1H3,(H,35,37). The third kappa shape index (κ3) is 7.06. The minimum Gasteiger partial charge on any atom is -0.497 e. The lowest BCUT2D eigenvalue weighted by atomic mass is 10.1. The Labute approximate surface area is 245 Å². The van der Waals surface area contributed by atoms with Crippen LogP contribution in [0.4, 0.5) is 16.2 Å². The fraction of sp³-hybridized carbons (Fsp3) is 0.121. The summed E-state index contributed by atoms with van der Waals surface area (Å²) in [5.41, 5.74) is 1.24. The van der Waals surface area contributed by atoms with E-state index in [0.717, 1.165) is 5.39 Å². The molecule has 8 nitrogen and oxygen atoms in total. The topological polar surface area (TPSA) is 97.0 Å². The number of methoxy groups -OCH3 is 1. The first-order valence-electron chi connectivity index (χ1n) is 13.5. The van der Waals surface area contributed by atoms with Crippen LogP contribution in [0, 0.1) is 0 Å². The van der Waals surface area contributed by atoms with Crippen LogP contribution in [0.5, 0.6) is 17.2 Å². The molecule has 0 saturated heterocycles. The maximum atomic E-state index is 13.4. The molecule has 0 heterocycles. The van der Waals surface area contributed by atoms with Gasteiger partial charge in [-0.05, 0) is 78.5 Å². The minimum absolute atomic E-state index is 0.146. The Morgan fingerprint density at radius 1 is 0.738 bits per heavy atom. The second-order valence-corrected chi connectivity index (χ2v) is 11.2. The van der Waals surface area contributed by atoms with E-state index in [-0.39, 0.29) is 24.0 Å². The summed E-state index contributed by atoms with van der Waals surface area (Å²) >= 11 is 0. The molecule has 0 atom stereocenters. The van der Waals surface area contributed by atoms with E-state index in [9.17, 15) is 13.2 Å². The van der Waals surface area contributed by atoms with Gasteiger partial charge in [0, 0.05) is 29.9 Å². The van der Waals surface area contributed by atoms with Crippen LogP contribution in [-0.2, 0) is 10.0 Å². The molecule has 0 unspecified atom stereocenters. The van der Waals surface area contributed by atoms with Crippen LogP contribution in [0.1, 0.15) is 6.42 Å². The van der Waals surface area contributed by atoms with Crippen molar-refractivity contribution in [2.45, 2.75) is 11.3 Å². The van der Waals surface area contributed by atoms with Gasteiger partial charge in [0.25, 0.3) is 0 Å². The Hall–Kier alpha value is -4.86. The van der Waals surface area contributed by atoms with Gasteiger partial charge in [-0.1, -0.05) is 54.6 Å². The van der Waals surface area contributed by atoms with Gasteiger partial charge in [0.2, 0.25) is 10.0 Å². The lowest BCUT2D eigenvalue weighted by Gasteiger charge is -2.24. The van der Waals surface area contributed by atoms with Gasteiger partial charge in [0.1, 0.15) is 17.2 Å². The lowest BCUT2D eigenvalue weighted by Crippen LogP contribution is -2.37. The molecule has 2 N–H and O–H groups in total. The lowest BCUT2D eigenvalue weighted by molar-refractivity contribution is 0.257. The highest BCUT2D eigenvalue weighted by atomic mass is 32.2. The van der Waals surface area contributed by atoms with E-state index in [2.05, 4.69) is 10.0 Å². The minimum atomic E-state index is -3.76. The summed E-state index contributed by atoms with van der Waals surface area (Å²) < 4.78 is 40.1. The van der Waals surface area contributed by atoms with Crippen molar-refractivity contribution in [3.63, 3.8) is 0 Å². The van der Waals surface area contributed by atoms with E-state index in [0.29, 0.717) is 40.4 Å². The molecule has 0 bridgehead atoms. The summed E-state index contributed by atoms with van der Waals surface area (Å²) in [5.74, 6) is 2.01. The number of ether oxygens (including phenoxy) is 2. The molecule has 0 aliphatic carbocycles. The van der Waals surface area contributed by atoms with Crippen molar-refractivity contribution in [3.8, 4) is 17.2 Å². The Bertz CT molecular complexity index is 1740. The number of nitrogens with zero attached hydrogens (tertiary/aromatic N) is 1. The average Bonchev–Trinajstić information content (AvgIpc) is 3.02. The van der Waals surface area contributed by atoms with E-state index in [1.165, 1.54) is 0 Å². The summed E-state index contributed by atoms with van der Waals surface area (Å²) in [4.78, 5) is 15.2. The van der Waals surface area contributed by atoms with Crippen LogP contribution in [0.15, 0.2) is 126 Å². The van der Waals surface area contributed by atoms with E-state index < -0.39 is 10.0 Å². The molecule has 0 aliphatic rings. The number of hydrogen-bond acceptors (Lipinski definition) is 5. The number of sulfonamides is 1. The maximum Gasteiger partial charge on any atom is 0.326 e. The predicted octanol–water partition coefficient (Wildman–Crippen LogP) is 7.05. The van der Waals surface area contributed by atoms with E-state index in [1.54, 1.807) is 78.7 Å². The Morgan fingerprint density at radius 3 is 2.12 bits per heavy atom. The first kappa shape index (κ1) is 28.7. The van der Waals surface area contributed by atoms with Crippen molar-refractivity contribution in [1.29, 1.82) is 0 Å². The quantitative estimate of drug-likeness (QED) is 0.163. The SMILES string of the molecule is COc1ccc(NC(=O)N(CCCNS(=O)(=O)c2cccc3ccccc23)c2ccc(Oc3ccccc3)cc2)cc1. The zero-order valence-electron chi connectivity index (χ0n) is 23.1. The first-order chi connectivity index (χ1) is 20.4. The first-order valence-corrected chi connectivity index (χ1v) is 14.9. The number of carbonyl (C=O) groups is 1. The number of rotatable bonds is 11. The number of carbonyl (C=O) groups excluding carboxylic acids is 1. The smallest absolute Gasteiger partial charge is 0.326 e. The highest BCUT2D eigenvalue weighted by molar-refractivity contribution is 7.89. The van der Waals surface area contributed by atoms with Crippen molar-refractivity contribution in [1.82, 2.24) is 4.72 Å². The van der Waals surface area contributed by atoms with E-state index >= 15 is 0 Å². The van der Waals surface area contributed by atoms with E-state index in [1.807, 2.05) is 54.6 Å². The van der Waals surface area contributed by atoms with E-state index in [4.69, 9.17) is 9.47 Å². The van der Waals surface area contributed by atoms with Crippen LogP contribution in [0.2, 0.25) is 0 Å². The van der Waals surface area contributed by atoms with Gasteiger partial charge < -0.3 is 14.8 Å². The fourth-order valence-electron chi connectivity index (χ4n) is 4.48. The highest BCUT2D eigenvalue weighted by Gasteiger charge is 2.19. The Morgan fingerprint density at radius 2 is 1.38 bits per heavy atom. The van der Waals surface area contributed by atoms with Gasteiger partial charge in [0.15, 0.2) is 0 Å². The molecule has 0 aromatic heterocycles. The number of para-hydroxylation sites is 1. The highest BCUT2D eigenvalue weighted by Crippen LogP contribution is 2.26. The third-order valence-electron chi connectivity index (χ3n) is 6.60. The molecule has 42 heavy (non-hydrogen) atoms. The van der Waals surface area contributed by atoms with Gasteiger partial charge in [-0.15, -0.1) is 0 Å². The van der Waals surface area contributed by atoms with Crippen LogP contribution < -0.4 is 24.4 Å². The summed E-state index contributed by atoms with van der Waals surface area (Å²) in [7, 11) is -2.18. The zero-order chi connectivity index (χ0) is 29.4. The van der Waals surface area contributed by atoms with Crippen LogP contribution in [-0.4, -0.2) is 34.6 Å². The molecule has 5 aromatic carbocycles. The van der Waals surface area contributed by atoms with Crippen LogP contribution in [0.3, 0.4) is 0 Å². The molecule has 0 spiro atoms. The normalized spacial score (nSPS) is 11.2. The number of benzene rings is 5. The molecular weight excluding hydrogens is 550 g/mol. The second-order valence-electron chi connectivity index (χ2n) is 9.45. The largest absolute Gasteiger partial charge is 0.497 e. The Balaban J connectivity index is 1.29. The number of urea groups is 1. The molecular formula is C33H31N3O5S. The molecule has 5 aromatic rings. The number of amides is 2. The molecule has 0 aliphatic heterocycles. The molecule has 0 saturated carbocycles. The van der Waals surface area contributed by atoms with Gasteiger partial charge in [-0.3, -0.25) is 4.90 Å². The summed E-state index contributed by atoms with van der Waals surface area (Å²) in [6, 6.07) is 35.8. The van der Waals surface area contributed by atoms with Crippen LogP contribution >= 0.6 is 0 Å². The molecule has 5 rings (SSSR count). The predicted molar refractivity (Wildman–Crippen MR) is 166 cm³/mol. The molecule has 2 amide bonds. The van der Waals surface area contributed by atoms with Crippen molar-refractivity contribution in [3.05, 3.63) is 121 Å². The molecule has 214 valence electrons. The molecule has 0 fully saturated rings. The van der Waals surface area contributed by atoms with Crippen molar-refractivity contribution in [2.75, 3.05) is 30.4 Å². The van der Waals surface area contributed by atoms with Crippen molar-refractivity contribution in [2.24, 2.45) is 0 Å². The summed E-state index contributed by atoms with van der Waals surface area (Å²) in [6.45, 7) is 0.409. The van der Waals surface area contributed by atoms with Crippen molar-refractivity contribution < 1.29 is 22.7 Å². The monoisotopic (exact) mass is 581 g/mol. The number of anilines is 2. The second kappa shape index (κ2) is 13.2. The maximum absolute atomic E-state index is 13.4. The molecule has 9 heteroatoms. The third-order valence-corrected chi connectivity index (χ3v) is 8.12. The Kier molecular flexibility index (Phi) is 9.01. The van der Waals surface area contributed by atoms with Gasteiger partial charge in [0.05, 0.1) is 12.0 Å². The van der Waals surface area contributed by atoms with Crippen LogP contribution in [0.25, 0.3) is 10.8 Å². The fourth-order valence-corrected chi connectivity index (χ4v) is 5.79. The van der Waals surface area contributed by atoms with Gasteiger partial charge in [-0.2, -0.15) is 0 Å². The summed E-state index contributed by atoms with van der Waals surface area (Å²) in [5, 5.41) is 4.42. The molecule has 0 radical (unpaired) electrons.